The van der Waals surface area contributed by atoms with E-state index in [-0.39, 0.29) is 6.61 Å². The molecule has 1 aromatic rings. The van der Waals surface area contributed by atoms with Gasteiger partial charge in [0.05, 0.1) is 0 Å². The smallest absolute Gasteiger partial charge is 0.0440 e. The van der Waals surface area contributed by atoms with Crippen LogP contribution in [0.2, 0.25) is 5.02 Å². The molecule has 66 valence electrons. The van der Waals surface area contributed by atoms with E-state index in [1.54, 1.807) is 0 Å². The van der Waals surface area contributed by atoms with Crippen LogP contribution < -0.4 is 0 Å². The molecule has 0 aliphatic carbocycles. The van der Waals surface area contributed by atoms with Crippen LogP contribution in [0.25, 0.3) is 0 Å². The molecule has 1 nitrogen and oxygen atoms in total. The number of hydrogen-bond acceptors (Lipinski definition) is 1. The van der Waals surface area contributed by atoms with Gasteiger partial charge in [0.25, 0.3) is 0 Å². The maximum absolute atomic E-state index is 8.63. The van der Waals surface area contributed by atoms with Gasteiger partial charge < -0.3 is 5.11 Å². The Morgan fingerprint density at radius 2 is 2.17 bits per heavy atom. The van der Waals surface area contributed by atoms with Gasteiger partial charge in [-0.05, 0) is 37.0 Å². The first-order valence-electron chi connectivity index (χ1n) is 4.10. The topological polar surface area (TPSA) is 20.2 Å². The van der Waals surface area contributed by atoms with Gasteiger partial charge in [-0.15, -0.1) is 0 Å². The van der Waals surface area contributed by atoms with Gasteiger partial charge in [0.1, 0.15) is 0 Å². The van der Waals surface area contributed by atoms with Gasteiger partial charge in [0.15, 0.2) is 0 Å². The summed E-state index contributed by atoms with van der Waals surface area (Å²) in [4.78, 5) is 0. The first-order chi connectivity index (χ1) is 5.74. The number of aliphatic hydroxyl groups is 1. The number of aryl methyl sites for hydroxylation is 2. The maximum Gasteiger partial charge on any atom is 0.0440 e. The average Bonchev–Trinajstić information content (AvgIpc) is 2.03. The van der Waals surface area contributed by atoms with E-state index in [9.17, 15) is 0 Å². The lowest BCUT2D eigenvalue weighted by atomic mass is 10.1. The Morgan fingerprint density at radius 1 is 1.42 bits per heavy atom. The van der Waals surface area contributed by atoms with Crippen LogP contribution in [-0.4, -0.2) is 11.7 Å². The summed E-state index contributed by atoms with van der Waals surface area (Å²) >= 11 is 5.98. The van der Waals surface area contributed by atoms with Crippen molar-refractivity contribution in [3.63, 3.8) is 0 Å². The molecule has 0 radical (unpaired) electrons. The Balaban J connectivity index is 2.72. The first kappa shape index (κ1) is 9.56. The van der Waals surface area contributed by atoms with E-state index in [1.165, 1.54) is 5.56 Å². The molecule has 0 saturated carbocycles. The van der Waals surface area contributed by atoms with Crippen molar-refractivity contribution in [2.45, 2.75) is 19.8 Å². The highest BCUT2D eigenvalue weighted by Gasteiger charge is 1.98. The summed E-state index contributed by atoms with van der Waals surface area (Å²) in [5.41, 5.74) is 2.30. The highest BCUT2D eigenvalue weighted by atomic mass is 35.5. The molecule has 0 amide bonds. The number of benzene rings is 1. The van der Waals surface area contributed by atoms with Gasteiger partial charge in [0.2, 0.25) is 0 Å². The number of hydrogen-bond donors (Lipinski definition) is 1. The Kier molecular flexibility index (Phi) is 3.57. The monoisotopic (exact) mass is 184 g/mol. The molecule has 1 N–H and O–H groups in total. The van der Waals surface area contributed by atoms with Crippen LogP contribution in [0.15, 0.2) is 18.2 Å². The Hall–Kier alpha value is -0.530. The first-order valence-corrected chi connectivity index (χ1v) is 4.47. The van der Waals surface area contributed by atoms with Crippen molar-refractivity contribution >= 4 is 11.6 Å². The van der Waals surface area contributed by atoms with Gasteiger partial charge in [-0.25, -0.2) is 0 Å². The molecule has 1 rings (SSSR count). The van der Waals surface area contributed by atoms with Crippen LogP contribution >= 0.6 is 11.6 Å². The molecule has 0 fully saturated rings. The zero-order valence-electron chi connectivity index (χ0n) is 7.18. The Morgan fingerprint density at radius 3 is 2.75 bits per heavy atom. The van der Waals surface area contributed by atoms with Crippen molar-refractivity contribution in [1.29, 1.82) is 0 Å². The summed E-state index contributed by atoms with van der Waals surface area (Å²) in [6.45, 7) is 2.24. The molecule has 0 bridgehead atoms. The minimum Gasteiger partial charge on any atom is -0.396 e. The minimum atomic E-state index is 0.226. The van der Waals surface area contributed by atoms with Crippen molar-refractivity contribution in [3.05, 3.63) is 34.3 Å². The van der Waals surface area contributed by atoms with E-state index < -0.39 is 0 Å². The largest absolute Gasteiger partial charge is 0.396 e. The van der Waals surface area contributed by atoms with Gasteiger partial charge in [-0.2, -0.15) is 0 Å². The molecule has 0 spiro atoms. The third-order valence-electron chi connectivity index (χ3n) is 1.81. The lowest BCUT2D eigenvalue weighted by Crippen LogP contribution is -1.90. The number of rotatable bonds is 3. The molecule has 1 aromatic carbocycles. The summed E-state index contributed by atoms with van der Waals surface area (Å²) < 4.78 is 0. The van der Waals surface area contributed by atoms with E-state index in [1.807, 2.05) is 25.1 Å². The fourth-order valence-corrected chi connectivity index (χ4v) is 1.45. The van der Waals surface area contributed by atoms with Crippen molar-refractivity contribution in [3.8, 4) is 0 Å². The van der Waals surface area contributed by atoms with Gasteiger partial charge in [-0.1, -0.05) is 23.7 Å². The van der Waals surface area contributed by atoms with Gasteiger partial charge in [0, 0.05) is 11.6 Å². The van der Waals surface area contributed by atoms with E-state index in [2.05, 4.69) is 0 Å². The van der Waals surface area contributed by atoms with Crippen molar-refractivity contribution < 1.29 is 5.11 Å². The molecular weight excluding hydrogens is 172 g/mol. The van der Waals surface area contributed by atoms with Crippen LogP contribution in [0, 0.1) is 6.92 Å². The van der Waals surface area contributed by atoms with Crippen LogP contribution in [0.4, 0.5) is 0 Å². The molecule has 0 saturated heterocycles. The minimum absolute atomic E-state index is 0.226. The Bertz CT molecular complexity index is 258. The fourth-order valence-electron chi connectivity index (χ4n) is 1.12. The van der Waals surface area contributed by atoms with E-state index in [0.717, 1.165) is 23.4 Å². The SMILES string of the molecule is Cc1ccc(CCCO)c(Cl)c1. The summed E-state index contributed by atoms with van der Waals surface area (Å²) in [5, 5.41) is 9.44. The summed E-state index contributed by atoms with van der Waals surface area (Å²) in [6, 6.07) is 6.01. The molecule has 0 aliphatic rings. The van der Waals surface area contributed by atoms with Crippen LogP contribution in [0.5, 0.6) is 0 Å². The predicted molar refractivity (Wildman–Crippen MR) is 51.6 cm³/mol. The zero-order chi connectivity index (χ0) is 8.97. The summed E-state index contributed by atoms with van der Waals surface area (Å²) in [5.74, 6) is 0. The average molecular weight is 185 g/mol. The molecule has 0 heterocycles. The highest BCUT2D eigenvalue weighted by molar-refractivity contribution is 6.31. The summed E-state index contributed by atoms with van der Waals surface area (Å²) in [7, 11) is 0. The molecule has 12 heavy (non-hydrogen) atoms. The highest BCUT2D eigenvalue weighted by Crippen LogP contribution is 2.18. The number of aliphatic hydroxyl groups excluding tert-OH is 1. The van der Waals surface area contributed by atoms with E-state index in [4.69, 9.17) is 16.7 Å². The number of halogens is 1. The molecule has 0 unspecified atom stereocenters. The molecule has 0 aromatic heterocycles. The van der Waals surface area contributed by atoms with E-state index >= 15 is 0 Å². The molecular formula is C10H13ClO. The predicted octanol–water partition coefficient (Wildman–Crippen LogP) is 2.57. The van der Waals surface area contributed by atoms with Gasteiger partial charge in [-0.3, -0.25) is 0 Å². The second-order valence-corrected chi connectivity index (χ2v) is 3.33. The Labute approximate surface area is 78.0 Å². The standard InChI is InChI=1S/C10H13ClO/c1-8-4-5-9(3-2-6-12)10(11)7-8/h4-5,7,12H,2-3,6H2,1H3. The third-order valence-corrected chi connectivity index (χ3v) is 2.16. The summed E-state index contributed by atoms with van der Waals surface area (Å²) in [6.07, 6.45) is 1.64. The second-order valence-electron chi connectivity index (χ2n) is 2.92. The van der Waals surface area contributed by atoms with Crippen LogP contribution in [0.3, 0.4) is 0 Å². The van der Waals surface area contributed by atoms with Crippen molar-refractivity contribution in [1.82, 2.24) is 0 Å². The van der Waals surface area contributed by atoms with Crippen molar-refractivity contribution in [2.75, 3.05) is 6.61 Å². The third kappa shape index (κ3) is 2.50. The van der Waals surface area contributed by atoms with E-state index in [0.29, 0.717) is 0 Å². The second kappa shape index (κ2) is 4.48. The van der Waals surface area contributed by atoms with Crippen molar-refractivity contribution in [2.24, 2.45) is 0 Å². The normalized spacial score (nSPS) is 10.2. The van der Waals surface area contributed by atoms with Crippen LogP contribution in [0.1, 0.15) is 17.5 Å². The lowest BCUT2D eigenvalue weighted by Gasteiger charge is -2.03. The van der Waals surface area contributed by atoms with Gasteiger partial charge >= 0.3 is 0 Å². The lowest BCUT2D eigenvalue weighted by molar-refractivity contribution is 0.288. The maximum atomic E-state index is 8.63. The fraction of sp³-hybridized carbons (Fsp3) is 0.400. The molecule has 0 aliphatic heterocycles. The zero-order valence-corrected chi connectivity index (χ0v) is 7.93. The van der Waals surface area contributed by atoms with Crippen LogP contribution in [-0.2, 0) is 6.42 Å². The quantitative estimate of drug-likeness (QED) is 0.766. The molecule has 0 atom stereocenters. The molecule has 2 heteroatoms.